The molecule has 0 aliphatic carbocycles. The number of pyridine rings is 1. The number of nitrogens with one attached hydrogen (secondary N) is 2. The number of halogens is 4. The minimum atomic E-state index is -4.72. The number of ether oxygens (including phenoxy) is 1. The number of hydrogen-bond acceptors (Lipinski definition) is 7. The summed E-state index contributed by atoms with van der Waals surface area (Å²) in [6.45, 7) is 5.65. The molecule has 9 nitrogen and oxygen atoms in total. The number of anilines is 2. The van der Waals surface area contributed by atoms with Crippen molar-refractivity contribution in [3.8, 4) is 11.1 Å². The Morgan fingerprint density at radius 2 is 1.85 bits per heavy atom. The van der Waals surface area contributed by atoms with Gasteiger partial charge in [-0.25, -0.2) is 9.37 Å². The standard InChI is InChI=1S/C28H34F4N6O3/c1-36-4-6-38(7-5-36)26-24(35-27(40)21-16-33-25(39)14-22(21)28(30,31)32)13-19(15-34-26)20-12-18(2-3-23(20)29)17-37-8-10-41-11-9-37/h2-3,12-13,15,21-22H,4-11,14,16-17H2,1H3,(H,33,39)(H,35,40). The van der Waals surface area contributed by atoms with Crippen LogP contribution in [0.1, 0.15) is 12.0 Å². The van der Waals surface area contributed by atoms with E-state index in [-0.39, 0.29) is 11.3 Å². The first-order chi connectivity index (χ1) is 19.6. The molecule has 3 saturated heterocycles. The van der Waals surface area contributed by atoms with Crippen molar-refractivity contribution >= 4 is 23.3 Å². The fraction of sp³-hybridized carbons (Fsp3) is 0.536. The number of alkyl halides is 3. The molecule has 5 rings (SSSR count). The molecule has 0 saturated carbocycles. The Balaban J connectivity index is 1.46. The van der Waals surface area contributed by atoms with Crippen molar-refractivity contribution in [2.45, 2.75) is 19.1 Å². The summed E-state index contributed by atoms with van der Waals surface area (Å²) < 4.78 is 61.8. The minimum Gasteiger partial charge on any atom is -0.379 e. The van der Waals surface area contributed by atoms with Crippen LogP contribution in [-0.4, -0.2) is 98.8 Å². The van der Waals surface area contributed by atoms with Gasteiger partial charge in [0.05, 0.1) is 30.7 Å². The molecule has 2 N–H and O–H groups in total. The van der Waals surface area contributed by atoms with E-state index >= 15 is 4.39 Å². The second kappa shape index (κ2) is 12.3. The van der Waals surface area contributed by atoms with Crippen molar-refractivity contribution in [2.75, 3.05) is 76.3 Å². The molecule has 4 heterocycles. The number of carbonyl (C=O) groups excluding carboxylic acids is 2. The van der Waals surface area contributed by atoms with Crippen LogP contribution in [0.4, 0.5) is 29.1 Å². The van der Waals surface area contributed by atoms with E-state index in [2.05, 4.69) is 25.4 Å². The van der Waals surface area contributed by atoms with Crippen molar-refractivity contribution in [1.29, 1.82) is 0 Å². The van der Waals surface area contributed by atoms with Gasteiger partial charge in [-0.2, -0.15) is 13.2 Å². The Morgan fingerprint density at radius 3 is 2.56 bits per heavy atom. The van der Waals surface area contributed by atoms with Gasteiger partial charge in [0.15, 0.2) is 5.82 Å². The Bertz CT molecular complexity index is 1260. The molecule has 2 unspecified atom stereocenters. The smallest absolute Gasteiger partial charge is 0.379 e. The van der Waals surface area contributed by atoms with E-state index in [4.69, 9.17) is 4.74 Å². The summed E-state index contributed by atoms with van der Waals surface area (Å²) in [6.07, 6.45) is -4.00. The zero-order valence-corrected chi connectivity index (χ0v) is 22.8. The fourth-order valence-corrected chi connectivity index (χ4v) is 5.50. The molecule has 13 heteroatoms. The van der Waals surface area contributed by atoms with Crippen molar-refractivity contribution in [3.63, 3.8) is 0 Å². The molecular weight excluding hydrogens is 544 g/mol. The van der Waals surface area contributed by atoms with Crippen LogP contribution in [0.25, 0.3) is 11.1 Å². The molecule has 2 atom stereocenters. The molecule has 3 aliphatic rings. The molecule has 1 aromatic carbocycles. The molecular formula is C28H34F4N6O3. The summed E-state index contributed by atoms with van der Waals surface area (Å²) in [7, 11) is 1.98. The van der Waals surface area contributed by atoms with Crippen LogP contribution >= 0.6 is 0 Å². The van der Waals surface area contributed by atoms with E-state index in [1.807, 2.05) is 11.9 Å². The van der Waals surface area contributed by atoms with E-state index in [9.17, 15) is 22.8 Å². The Morgan fingerprint density at radius 1 is 1.12 bits per heavy atom. The Labute approximate surface area is 235 Å². The first kappa shape index (κ1) is 29.2. The number of nitrogens with zero attached hydrogens (tertiary/aromatic N) is 4. The largest absolute Gasteiger partial charge is 0.393 e. The molecule has 2 amide bonds. The lowest BCUT2D eigenvalue weighted by molar-refractivity contribution is -0.197. The van der Waals surface area contributed by atoms with Crippen LogP contribution in [0, 0.1) is 17.7 Å². The van der Waals surface area contributed by atoms with E-state index in [0.29, 0.717) is 44.2 Å². The zero-order chi connectivity index (χ0) is 29.1. The highest BCUT2D eigenvalue weighted by atomic mass is 19.4. The van der Waals surface area contributed by atoms with Crippen LogP contribution in [0.3, 0.4) is 0 Å². The van der Waals surface area contributed by atoms with Gasteiger partial charge >= 0.3 is 6.18 Å². The van der Waals surface area contributed by atoms with E-state index < -0.39 is 48.6 Å². The number of rotatable bonds is 6. The molecule has 41 heavy (non-hydrogen) atoms. The molecule has 1 aromatic heterocycles. The number of benzene rings is 1. The summed E-state index contributed by atoms with van der Waals surface area (Å²) in [5.41, 5.74) is 1.77. The van der Waals surface area contributed by atoms with Crippen molar-refractivity contribution < 1.29 is 31.9 Å². The van der Waals surface area contributed by atoms with Gasteiger partial charge in [0.25, 0.3) is 0 Å². The van der Waals surface area contributed by atoms with Crippen LogP contribution in [0.5, 0.6) is 0 Å². The zero-order valence-electron chi connectivity index (χ0n) is 22.8. The molecule has 3 fully saturated rings. The molecule has 222 valence electrons. The summed E-state index contributed by atoms with van der Waals surface area (Å²) in [6, 6.07) is 6.41. The minimum absolute atomic E-state index is 0.202. The highest BCUT2D eigenvalue weighted by Gasteiger charge is 2.50. The highest BCUT2D eigenvalue weighted by Crippen LogP contribution is 2.38. The van der Waals surface area contributed by atoms with Gasteiger partial charge in [-0.05, 0) is 30.8 Å². The van der Waals surface area contributed by atoms with Gasteiger partial charge in [0.2, 0.25) is 11.8 Å². The maximum absolute atomic E-state index is 15.1. The first-order valence-corrected chi connectivity index (χ1v) is 13.7. The van der Waals surface area contributed by atoms with Crippen molar-refractivity contribution in [2.24, 2.45) is 11.8 Å². The lowest BCUT2D eigenvalue weighted by Crippen LogP contribution is -2.50. The Hall–Kier alpha value is -3.29. The normalized spacial score (nSPS) is 22.9. The summed E-state index contributed by atoms with van der Waals surface area (Å²) in [5, 5.41) is 5.04. The second-order valence-electron chi connectivity index (χ2n) is 10.8. The van der Waals surface area contributed by atoms with E-state index in [1.165, 1.54) is 12.3 Å². The topological polar surface area (TPSA) is 90.0 Å². The van der Waals surface area contributed by atoms with Crippen molar-refractivity contribution in [3.05, 3.63) is 41.8 Å². The third kappa shape index (κ3) is 6.96. The van der Waals surface area contributed by atoms with Gasteiger partial charge in [0.1, 0.15) is 5.82 Å². The predicted molar refractivity (Wildman–Crippen MR) is 145 cm³/mol. The number of morpholine rings is 1. The number of piperidine rings is 1. The van der Waals surface area contributed by atoms with Gasteiger partial charge in [0, 0.05) is 76.1 Å². The molecule has 2 aromatic rings. The van der Waals surface area contributed by atoms with Gasteiger partial charge in [-0.15, -0.1) is 0 Å². The SMILES string of the molecule is CN1CCN(c2ncc(-c3cc(CN4CCOCC4)ccc3F)cc2NC(=O)C2CNC(=O)CC2C(F)(F)F)CC1. The maximum Gasteiger partial charge on any atom is 0.393 e. The van der Waals surface area contributed by atoms with E-state index in [1.54, 1.807) is 18.2 Å². The molecule has 0 bridgehead atoms. The average Bonchev–Trinajstić information content (AvgIpc) is 2.94. The van der Waals surface area contributed by atoms with Gasteiger partial charge in [-0.1, -0.05) is 6.07 Å². The highest BCUT2D eigenvalue weighted by molar-refractivity contribution is 5.97. The summed E-state index contributed by atoms with van der Waals surface area (Å²) in [4.78, 5) is 35.9. The number of hydrogen-bond donors (Lipinski definition) is 2. The molecule has 3 aliphatic heterocycles. The number of piperazine rings is 1. The average molecular weight is 579 g/mol. The van der Waals surface area contributed by atoms with Crippen LogP contribution < -0.4 is 15.5 Å². The van der Waals surface area contributed by atoms with Crippen LogP contribution in [0.15, 0.2) is 30.5 Å². The number of aromatic nitrogens is 1. The predicted octanol–water partition coefficient (Wildman–Crippen LogP) is 2.72. The Kier molecular flexibility index (Phi) is 8.76. The van der Waals surface area contributed by atoms with Crippen LogP contribution in [0.2, 0.25) is 0 Å². The van der Waals surface area contributed by atoms with Crippen LogP contribution in [-0.2, 0) is 20.9 Å². The lowest BCUT2D eigenvalue weighted by Gasteiger charge is -2.35. The summed E-state index contributed by atoms with van der Waals surface area (Å²) >= 11 is 0. The molecule has 0 radical (unpaired) electrons. The first-order valence-electron chi connectivity index (χ1n) is 13.7. The second-order valence-corrected chi connectivity index (χ2v) is 10.8. The maximum atomic E-state index is 15.1. The van der Waals surface area contributed by atoms with Gasteiger partial charge in [-0.3, -0.25) is 14.5 Å². The third-order valence-electron chi connectivity index (χ3n) is 7.95. The quantitative estimate of drug-likeness (QED) is 0.510. The van der Waals surface area contributed by atoms with Crippen molar-refractivity contribution in [1.82, 2.24) is 20.1 Å². The monoisotopic (exact) mass is 578 g/mol. The number of likely N-dealkylation sites (N-methyl/N-ethyl adjacent to an activating group) is 1. The third-order valence-corrected chi connectivity index (χ3v) is 7.95. The number of carbonyl (C=O) groups is 2. The number of amides is 2. The fourth-order valence-electron chi connectivity index (χ4n) is 5.50. The van der Waals surface area contributed by atoms with Gasteiger partial charge < -0.3 is 25.2 Å². The van der Waals surface area contributed by atoms with E-state index in [0.717, 1.165) is 31.7 Å². The summed E-state index contributed by atoms with van der Waals surface area (Å²) in [5.74, 6) is -5.30. The lowest BCUT2D eigenvalue weighted by atomic mass is 9.84. The molecule has 0 spiro atoms.